The normalized spacial score (nSPS) is 25.6. The zero-order valence-corrected chi connectivity index (χ0v) is 13.7. The zero-order chi connectivity index (χ0) is 15.5. The van der Waals surface area contributed by atoms with Crippen LogP contribution >= 0.6 is 15.9 Å². The van der Waals surface area contributed by atoms with E-state index in [2.05, 4.69) is 28.2 Å². The van der Waals surface area contributed by atoms with Crippen LogP contribution in [0.4, 0.5) is 4.39 Å². The van der Waals surface area contributed by atoms with Crippen molar-refractivity contribution in [1.82, 2.24) is 5.32 Å². The van der Waals surface area contributed by atoms with E-state index in [0.29, 0.717) is 23.2 Å². The fourth-order valence-electron chi connectivity index (χ4n) is 2.78. The topological polar surface area (TPSA) is 49.3 Å². The van der Waals surface area contributed by atoms with Gasteiger partial charge in [-0.3, -0.25) is 4.79 Å². The molecule has 0 radical (unpaired) electrons. The van der Waals surface area contributed by atoms with Gasteiger partial charge in [-0.2, -0.15) is 0 Å². The van der Waals surface area contributed by atoms with Crippen molar-refractivity contribution in [3.8, 4) is 0 Å². The summed E-state index contributed by atoms with van der Waals surface area (Å²) >= 11 is 3.05. The van der Waals surface area contributed by atoms with Gasteiger partial charge in [0.1, 0.15) is 5.82 Å². The third-order valence-electron chi connectivity index (χ3n) is 4.37. The van der Waals surface area contributed by atoms with Gasteiger partial charge >= 0.3 is 0 Å². The SMILES string of the molecule is CCC1CCC(O)(CNC(=O)c2ccc(Br)c(F)c2)CC1. The van der Waals surface area contributed by atoms with Crippen molar-refractivity contribution in [1.29, 1.82) is 0 Å². The molecule has 1 fully saturated rings. The highest BCUT2D eigenvalue weighted by molar-refractivity contribution is 9.10. The molecule has 1 saturated carbocycles. The van der Waals surface area contributed by atoms with E-state index in [0.717, 1.165) is 19.3 Å². The van der Waals surface area contributed by atoms with Gasteiger partial charge in [-0.1, -0.05) is 13.3 Å². The maximum absolute atomic E-state index is 13.4. The first-order valence-corrected chi connectivity index (χ1v) is 8.18. The van der Waals surface area contributed by atoms with Crippen molar-refractivity contribution in [2.75, 3.05) is 6.54 Å². The van der Waals surface area contributed by atoms with E-state index in [-0.39, 0.29) is 18.0 Å². The third kappa shape index (κ3) is 4.27. The van der Waals surface area contributed by atoms with Crippen molar-refractivity contribution in [2.24, 2.45) is 5.92 Å². The van der Waals surface area contributed by atoms with Crippen LogP contribution < -0.4 is 5.32 Å². The Kier molecular flexibility index (Phi) is 5.38. The van der Waals surface area contributed by atoms with Gasteiger partial charge in [0.2, 0.25) is 0 Å². The Hall–Kier alpha value is -0.940. The molecule has 1 aliphatic rings. The molecule has 1 aromatic carbocycles. The molecular weight excluding hydrogens is 337 g/mol. The number of benzene rings is 1. The maximum atomic E-state index is 13.4. The zero-order valence-electron chi connectivity index (χ0n) is 12.2. The summed E-state index contributed by atoms with van der Waals surface area (Å²) < 4.78 is 13.7. The fraction of sp³-hybridized carbons (Fsp3) is 0.562. The standard InChI is InChI=1S/C16H21BrFNO2/c1-2-11-5-7-16(21,8-6-11)10-19-15(20)12-3-4-13(17)14(18)9-12/h3-4,9,11,21H,2,5-8,10H2,1H3,(H,19,20). The molecule has 0 aromatic heterocycles. The molecule has 116 valence electrons. The number of carbonyl (C=O) groups is 1. The molecule has 2 N–H and O–H groups in total. The molecule has 3 nitrogen and oxygen atoms in total. The molecule has 0 heterocycles. The average molecular weight is 358 g/mol. The van der Waals surface area contributed by atoms with Gasteiger partial charge < -0.3 is 10.4 Å². The molecule has 5 heteroatoms. The van der Waals surface area contributed by atoms with Crippen LogP contribution in [-0.4, -0.2) is 23.2 Å². The smallest absolute Gasteiger partial charge is 0.251 e. The first-order chi connectivity index (χ1) is 9.93. The Morgan fingerprint density at radius 3 is 2.71 bits per heavy atom. The van der Waals surface area contributed by atoms with Crippen molar-refractivity contribution in [3.05, 3.63) is 34.1 Å². The van der Waals surface area contributed by atoms with Crippen LogP contribution in [-0.2, 0) is 0 Å². The first kappa shape index (κ1) is 16.4. The van der Waals surface area contributed by atoms with E-state index in [9.17, 15) is 14.3 Å². The Labute approximate surface area is 133 Å². The molecule has 0 atom stereocenters. The van der Waals surface area contributed by atoms with Crippen LogP contribution in [0.5, 0.6) is 0 Å². The summed E-state index contributed by atoms with van der Waals surface area (Å²) in [4.78, 5) is 12.0. The summed E-state index contributed by atoms with van der Waals surface area (Å²) in [6.45, 7) is 2.39. The molecule has 0 saturated heterocycles. The lowest BCUT2D eigenvalue weighted by atomic mass is 9.78. The van der Waals surface area contributed by atoms with E-state index in [1.165, 1.54) is 12.1 Å². The molecule has 0 spiro atoms. The molecule has 0 unspecified atom stereocenters. The second kappa shape index (κ2) is 6.88. The maximum Gasteiger partial charge on any atom is 0.251 e. The number of amides is 1. The van der Waals surface area contributed by atoms with Crippen LogP contribution in [0, 0.1) is 11.7 Å². The van der Waals surface area contributed by atoms with Crippen LogP contribution in [0.3, 0.4) is 0 Å². The highest BCUT2D eigenvalue weighted by Crippen LogP contribution is 2.33. The van der Waals surface area contributed by atoms with Crippen LogP contribution in [0.1, 0.15) is 49.4 Å². The number of hydrogen-bond donors (Lipinski definition) is 2. The summed E-state index contributed by atoms with van der Waals surface area (Å²) in [5.41, 5.74) is -0.559. The largest absolute Gasteiger partial charge is 0.388 e. The van der Waals surface area contributed by atoms with Crippen LogP contribution in [0.2, 0.25) is 0 Å². The second-order valence-corrected chi connectivity index (χ2v) is 6.74. The highest BCUT2D eigenvalue weighted by atomic mass is 79.9. The fourth-order valence-corrected chi connectivity index (χ4v) is 3.03. The lowest BCUT2D eigenvalue weighted by molar-refractivity contribution is -0.00786. The van der Waals surface area contributed by atoms with Gasteiger partial charge in [0.05, 0.1) is 10.1 Å². The van der Waals surface area contributed by atoms with Crippen molar-refractivity contribution < 1.29 is 14.3 Å². The minimum absolute atomic E-state index is 0.222. The predicted molar refractivity (Wildman–Crippen MR) is 83.6 cm³/mol. The highest BCUT2D eigenvalue weighted by Gasteiger charge is 2.32. The molecule has 1 aliphatic carbocycles. The first-order valence-electron chi connectivity index (χ1n) is 7.39. The molecular formula is C16H21BrFNO2. The van der Waals surface area contributed by atoms with Crippen LogP contribution in [0.25, 0.3) is 0 Å². The minimum atomic E-state index is -0.824. The van der Waals surface area contributed by atoms with Gasteiger partial charge in [-0.25, -0.2) is 4.39 Å². The van der Waals surface area contributed by atoms with Gasteiger partial charge in [0, 0.05) is 12.1 Å². The quantitative estimate of drug-likeness (QED) is 0.863. The Morgan fingerprint density at radius 2 is 2.14 bits per heavy atom. The van der Waals surface area contributed by atoms with Crippen LogP contribution in [0.15, 0.2) is 22.7 Å². The van der Waals surface area contributed by atoms with E-state index in [1.54, 1.807) is 6.07 Å². The van der Waals surface area contributed by atoms with E-state index in [4.69, 9.17) is 0 Å². The van der Waals surface area contributed by atoms with Crippen molar-refractivity contribution in [3.63, 3.8) is 0 Å². The number of hydrogen-bond acceptors (Lipinski definition) is 2. The monoisotopic (exact) mass is 357 g/mol. The number of nitrogens with one attached hydrogen (secondary N) is 1. The summed E-state index contributed by atoms with van der Waals surface area (Å²) in [5.74, 6) is -0.140. The third-order valence-corrected chi connectivity index (χ3v) is 5.02. The van der Waals surface area contributed by atoms with Gasteiger partial charge in [0.15, 0.2) is 0 Å². The predicted octanol–water partition coefficient (Wildman–Crippen LogP) is 3.65. The van der Waals surface area contributed by atoms with Gasteiger partial charge in [-0.05, 0) is 65.7 Å². The summed E-state index contributed by atoms with van der Waals surface area (Å²) in [7, 11) is 0. The van der Waals surface area contributed by atoms with Crippen molar-refractivity contribution in [2.45, 2.75) is 44.6 Å². The molecule has 2 rings (SSSR count). The molecule has 1 amide bonds. The number of carbonyl (C=O) groups excluding carboxylic acids is 1. The second-order valence-electron chi connectivity index (χ2n) is 5.89. The molecule has 1 aromatic rings. The summed E-state index contributed by atoms with van der Waals surface area (Å²) in [5, 5.41) is 13.2. The number of halogens is 2. The molecule has 0 bridgehead atoms. The lowest BCUT2D eigenvalue weighted by Crippen LogP contribution is -2.45. The Morgan fingerprint density at radius 1 is 1.48 bits per heavy atom. The van der Waals surface area contributed by atoms with E-state index in [1.807, 2.05) is 0 Å². The number of rotatable bonds is 4. The molecule has 0 aliphatic heterocycles. The number of aliphatic hydroxyl groups is 1. The molecule has 21 heavy (non-hydrogen) atoms. The van der Waals surface area contributed by atoms with Gasteiger partial charge in [0.25, 0.3) is 5.91 Å². The Bertz CT molecular complexity index is 513. The summed E-state index contributed by atoms with van der Waals surface area (Å²) in [6.07, 6.45) is 4.55. The summed E-state index contributed by atoms with van der Waals surface area (Å²) in [6, 6.07) is 4.25. The van der Waals surface area contributed by atoms with E-state index < -0.39 is 11.4 Å². The van der Waals surface area contributed by atoms with E-state index >= 15 is 0 Å². The van der Waals surface area contributed by atoms with Gasteiger partial charge in [-0.15, -0.1) is 0 Å². The average Bonchev–Trinajstić information content (AvgIpc) is 2.48. The lowest BCUT2D eigenvalue weighted by Gasteiger charge is -2.35. The Balaban J connectivity index is 1.90. The van der Waals surface area contributed by atoms with Crippen molar-refractivity contribution >= 4 is 21.8 Å². The minimum Gasteiger partial charge on any atom is -0.388 e.